The van der Waals surface area contributed by atoms with Crippen LogP contribution in [0.3, 0.4) is 0 Å². The van der Waals surface area contributed by atoms with E-state index in [0.717, 1.165) is 24.5 Å². The molecule has 0 atom stereocenters. The van der Waals surface area contributed by atoms with Gasteiger partial charge in [0.1, 0.15) is 5.75 Å². The van der Waals surface area contributed by atoms with Crippen LogP contribution in [-0.4, -0.2) is 30.8 Å². The summed E-state index contributed by atoms with van der Waals surface area (Å²) in [6.45, 7) is 0.136. The molecule has 1 aliphatic rings. The van der Waals surface area contributed by atoms with Crippen LogP contribution >= 0.6 is 11.6 Å². The summed E-state index contributed by atoms with van der Waals surface area (Å²) in [5, 5.41) is 11.4. The molecule has 0 aliphatic heterocycles. The SMILES string of the molecule is COc1ccc(CN(C2CC2)S(=O)(=O)c2ccc(Cl)cc2[N+](=O)[O-])cc1. The van der Waals surface area contributed by atoms with Crippen molar-refractivity contribution in [1.29, 1.82) is 0 Å². The molecule has 2 aromatic carbocycles. The fraction of sp³-hybridized carbons (Fsp3) is 0.294. The number of nitro benzene ring substituents is 1. The lowest BCUT2D eigenvalue weighted by Crippen LogP contribution is -2.33. The lowest BCUT2D eigenvalue weighted by Gasteiger charge is -2.22. The molecular formula is C17H17ClN2O5S. The Morgan fingerprint density at radius 1 is 1.23 bits per heavy atom. The van der Waals surface area contributed by atoms with Crippen molar-refractivity contribution in [1.82, 2.24) is 4.31 Å². The monoisotopic (exact) mass is 396 g/mol. The fourth-order valence-corrected chi connectivity index (χ4v) is 4.64. The number of rotatable bonds is 7. The molecule has 0 saturated heterocycles. The van der Waals surface area contributed by atoms with Crippen LogP contribution in [0.5, 0.6) is 5.75 Å². The molecule has 3 rings (SSSR count). The van der Waals surface area contributed by atoms with Gasteiger partial charge in [-0.25, -0.2) is 8.42 Å². The third-order valence-corrected chi connectivity index (χ3v) is 6.34. The van der Waals surface area contributed by atoms with Gasteiger partial charge in [-0.3, -0.25) is 10.1 Å². The highest BCUT2D eigenvalue weighted by Gasteiger charge is 2.40. The molecule has 1 fully saturated rings. The van der Waals surface area contributed by atoms with Crippen molar-refractivity contribution in [2.45, 2.75) is 30.3 Å². The topological polar surface area (TPSA) is 89.8 Å². The summed E-state index contributed by atoms with van der Waals surface area (Å²) in [6, 6.07) is 10.5. The molecule has 0 bridgehead atoms. The van der Waals surface area contributed by atoms with Crippen LogP contribution in [0, 0.1) is 10.1 Å². The second-order valence-corrected chi connectivity index (χ2v) is 8.29. The molecule has 2 aromatic rings. The summed E-state index contributed by atoms with van der Waals surface area (Å²) in [7, 11) is -2.49. The first-order chi connectivity index (χ1) is 12.3. The van der Waals surface area contributed by atoms with E-state index in [4.69, 9.17) is 16.3 Å². The molecule has 26 heavy (non-hydrogen) atoms. The Labute approximate surface area is 156 Å². The molecule has 1 saturated carbocycles. The Morgan fingerprint density at radius 3 is 2.42 bits per heavy atom. The minimum absolute atomic E-state index is 0.115. The maximum absolute atomic E-state index is 13.1. The van der Waals surface area contributed by atoms with Crippen molar-refractivity contribution < 1.29 is 18.1 Å². The summed E-state index contributed by atoms with van der Waals surface area (Å²) in [4.78, 5) is 10.2. The Kier molecular flexibility index (Phi) is 5.17. The lowest BCUT2D eigenvalue weighted by molar-refractivity contribution is -0.387. The number of nitrogens with zero attached hydrogens (tertiary/aromatic N) is 2. The zero-order valence-electron chi connectivity index (χ0n) is 14.0. The second-order valence-electron chi connectivity index (χ2n) is 6.00. The average molecular weight is 397 g/mol. The Hall–Kier alpha value is -2.16. The zero-order valence-corrected chi connectivity index (χ0v) is 15.5. The molecule has 0 aromatic heterocycles. The Morgan fingerprint density at radius 2 is 1.88 bits per heavy atom. The molecule has 7 nitrogen and oxygen atoms in total. The third-order valence-electron chi connectivity index (χ3n) is 4.16. The number of halogens is 1. The van der Waals surface area contributed by atoms with Crippen LogP contribution in [0.4, 0.5) is 5.69 Å². The molecule has 0 N–H and O–H groups in total. The van der Waals surface area contributed by atoms with Gasteiger partial charge in [-0.1, -0.05) is 23.7 Å². The number of ether oxygens (including phenoxy) is 1. The first-order valence-electron chi connectivity index (χ1n) is 7.91. The molecule has 1 aliphatic carbocycles. The van der Waals surface area contributed by atoms with Gasteiger partial charge in [0.05, 0.1) is 12.0 Å². The molecular weight excluding hydrogens is 380 g/mol. The van der Waals surface area contributed by atoms with Crippen molar-refractivity contribution in [3.05, 3.63) is 63.2 Å². The Bertz CT molecular complexity index is 927. The number of benzene rings is 2. The molecule has 0 heterocycles. The van der Waals surface area contributed by atoms with E-state index in [-0.39, 0.29) is 22.5 Å². The molecule has 0 spiro atoms. The largest absolute Gasteiger partial charge is 0.497 e. The third kappa shape index (κ3) is 3.82. The van der Waals surface area contributed by atoms with Crippen LogP contribution in [0.25, 0.3) is 0 Å². The number of methoxy groups -OCH3 is 1. The minimum Gasteiger partial charge on any atom is -0.497 e. The van der Waals surface area contributed by atoms with Crippen LogP contribution in [-0.2, 0) is 16.6 Å². The van der Waals surface area contributed by atoms with E-state index < -0.39 is 20.6 Å². The molecule has 9 heteroatoms. The van der Waals surface area contributed by atoms with Gasteiger partial charge in [-0.2, -0.15) is 4.31 Å². The van der Waals surface area contributed by atoms with Gasteiger partial charge in [0.25, 0.3) is 5.69 Å². The lowest BCUT2D eigenvalue weighted by atomic mass is 10.2. The van der Waals surface area contributed by atoms with E-state index in [1.807, 2.05) is 0 Å². The maximum Gasteiger partial charge on any atom is 0.290 e. The van der Waals surface area contributed by atoms with E-state index in [0.29, 0.717) is 5.75 Å². The highest BCUT2D eigenvalue weighted by atomic mass is 35.5. The van der Waals surface area contributed by atoms with Crippen molar-refractivity contribution in [3.8, 4) is 5.75 Å². The smallest absolute Gasteiger partial charge is 0.290 e. The van der Waals surface area contributed by atoms with Gasteiger partial charge in [0, 0.05) is 23.7 Å². The van der Waals surface area contributed by atoms with Crippen LogP contribution in [0.2, 0.25) is 5.02 Å². The normalized spacial score (nSPS) is 14.4. The summed E-state index contributed by atoms with van der Waals surface area (Å²) >= 11 is 5.80. The summed E-state index contributed by atoms with van der Waals surface area (Å²) in [6.07, 6.45) is 1.47. The Balaban J connectivity index is 1.98. The summed E-state index contributed by atoms with van der Waals surface area (Å²) in [5.41, 5.74) is 0.260. The zero-order chi connectivity index (χ0) is 18.9. The number of nitro groups is 1. The minimum atomic E-state index is -4.04. The van der Waals surface area contributed by atoms with Crippen LogP contribution < -0.4 is 4.74 Å². The standard InChI is InChI=1S/C17H17ClN2O5S/c1-25-15-7-2-12(3-8-15)11-19(14-5-6-14)26(23,24)17-9-4-13(18)10-16(17)20(21)22/h2-4,7-10,14H,5-6,11H2,1H3. The van der Waals surface area contributed by atoms with E-state index >= 15 is 0 Å². The quantitative estimate of drug-likeness (QED) is 0.526. The summed E-state index contributed by atoms with van der Waals surface area (Å²) < 4.78 is 32.7. The first-order valence-corrected chi connectivity index (χ1v) is 9.73. The number of hydrogen-bond acceptors (Lipinski definition) is 5. The van der Waals surface area contributed by atoms with Gasteiger partial charge >= 0.3 is 0 Å². The van der Waals surface area contributed by atoms with Crippen LogP contribution in [0.15, 0.2) is 47.4 Å². The molecule has 0 radical (unpaired) electrons. The average Bonchev–Trinajstić information content (AvgIpc) is 3.44. The van der Waals surface area contributed by atoms with Crippen LogP contribution in [0.1, 0.15) is 18.4 Å². The van der Waals surface area contributed by atoms with Gasteiger partial charge in [-0.05, 0) is 42.7 Å². The fourth-order valence-electron chi connectivity index (χ4n) is 2.66. The van der Waals surface area contributed by atoms with E-state index in [1.54, 1.807) is 31.4 Å². The highest BCUT2D eigenvalue weighted by Crippen LogP contribution is 2.37. The van der Waals surface area contributed by atoms with Gasteiger partial charge < -0.3 is 4.74 Å². The predicted molar refractivity (Wildman–Crippen MR) is 96.9 cm³/mol. The number of hydrogen-bond donors (Lipinski definition) is 0. The van der Waals surface area contributed by atoms with E-state index in [1.165, 1.54) is 16.4 Å². The first kappa shape index (κ1) is 18.6. The summed E-state index contributed by atoms with van der Waals surface area (Å²) in [5.74, 6) is 0.669. The van der Waals surface area contributed by atoms with Crippen molar-refractivity contribution in [2.24, 2.45) is 0 Å². The molecule has 138 valence electrons. The molecule has 0 unspecified atom stereocenters. The van der Waals surface area contributed by atoms with Gasteiger partial charge in [0.2, 0.25) is 10.0 Å². The second kappa shape index (κ2) is 7.22. The maximum atomic E-state index is 13.1. The van der Waals surface area contributed by atoms with Crippen molar-refractivity contribution in [2.75, 3.05) is 7.11 Å². The van der Waals surface area contributed by atoms with Gasteiger partial charge in [-0.15, -0.1) is 0 Å². The number of sulfonamides is 1. The predicted octanol–water partition coefficient (Wildman–Crippen LogP) is 3.61. The van der Waals surface area contributed by atoms with Crippen molar-refractivity contribution in [3.63, 3.8) is 0 Å². The van der Waals surface area contributed by atoms with E-state index in [9.17, 15) is 18.5 Å². The molecule has 0 amide bonds. The van der Waals surface area contributed by atoms with Gasteiger partial charge in [0.15, 0.2) is 4.90 Å². The highest BCUT2D eigenvalue weighted by molar-refractivity contribution is 7.89. The van der Waals surface area contributed by atoms with Crippen molar-refractivity contribution >= 4 is 27.3 Å². The van der Waals surface area contributed by atoms with E-state index in [2.05, 4.69) is 0 Å².